The Morgan fingerprint density at radius 1 is 1.65 bits per heavy atom. The van der Waals surface area contributed by atoms with Gasteiger partial charge in [-0.15, -0.1) is 11.3 Å². The highest BCUT2D eigenvalue weighted by atomic mass is 35.5. The number of carbonyl (C=O) groups excluding carboxylic acids is 1. The van der Waals surface area contributed by atoms with E-state index in [1.165, 1.54) is 11.3 Å². The molecule has 1 amide bonds. The summed E-state index contributed by atoms with van der Waals surface area (Å²) >= 11 is 7.19. The number of thiophene rings is 1. The second-order valence-corrected chi connectivity index (χ2v) is 4.90. The highest BCUT2D eigenvalue weighted by Crippen LogP contribution is 2.22. The highest BCUT2D eigenvalue weighted by Gasteiger charge is 2.13. The number of nitrogens with one attached hydrogen (secondary N) is 2. The van der Waals surface area contributed by atoms with E-state index in [0.29, 0.717) is 15.7 Å². The van der Waals surface area contributed by atoms with Gasteiger partial charge in [-0.05, 0) is 17.9 Å². The van der Waals surface area contributed by atoms with Crippen LogP contribution in [-0.2, 0) is 6.42 Å². The fourth-order valence-corrected chi connectivity index (χ4v) is 2.49. The first-order valence-electron chi connectivity index (χ1n) is 5.29. The number of nitrogens with zero attached hydrogens (tertiary/aromatic N) is 1. The van der Waals surface area contributed by atoms with Crippen LogP contribution in [0.15, 0.2) is 17.5 Å². The molecule has 2 aromatic heterocycles. The van der Waals surface area contributed by atoms with Crippen LogP contribution in [0.3, 0.4) is 0 Å². The van der Waals surface area contributed by atoms with Crippen molar-refractivity contribution < 1.29 is 4.79 Å². The van der Waals surface area contributed by atoms with Crippen LogP contribution in [0.25, 0.3) is 0 Å². The normalized spacial score (nSPS) is 10.5. The van der Waals surface area contributed by atoms with E-state index < -0.39 is 0 Å². The van der Waals surface area contributed by atoms with Gasteiger partial charge in [0.1, 0.15) is 4.88 Å². The molecule has 90 valence electrons. The first kappa shape index (κ1) is 12.1. The average molecular weight is 270 g/mol. The van der Waals surface area contributed by atoms with Gasteiger partial charge in [-0.25, -0.2) is 0 Å². The molecule has 0 unspecified atom stereocenters. The molecule has 0 fully saturated rings. The molecule has 0 aliphatic rings. The molecule has 0 aromatic carbocycles. The predicted octanol–water partition coefficient (Wildman–Crippen LogP) is 3.33. The molecule has 0 spiro atoms. The van der Waals surface area contributed by atoms with Crippen molar-refractivity contribution in [1.82, 2.24) is 10.2 Å². The lowest BCUT2D eigenvalue weighted by atomic mass is 10.2. The van der Waals surface area contributed by atoms with Gasteiger partial charge in [0.05, 0.1) is 5.02 Å². The lowest BCUT2D eigenvalue weighted by molar-refractivity contribution is 0.103. The van der Waals surface area contributed by atoms with E-state index in [0.717, 1.165) is 18.5 Å². The van der Waals surface area contributed by atoms with Crippen molar-refractivity contribution in [2.45, 2.75) is 19.8 Å². The molecule has 6 heteroatoms. The summed E-state index contributed by atoms with van der Waals surface area (Å²) in [5, 5.41) is 11.9. The smallest absolute Gasteiger partial charge is 0.268 e. The first-order chi connectivity index (χ1) is 8.20. The number of carbonyl (C=O) groups is 1. The Morgan fingerprint density at radius 3 is 3.12 bits per heavy atom. The molecule has 2 N–H and O–H groups in total. The van der Waals surface area contributed by atoms with Crippen LogP contribution in [0.5, 0.6) is 0 Å². The van der Waals surface area contributed by atoms with Crippen molar-refractivity contribution in [3.8, 4) is 0 Å². The van der Waals surface area contributed by atoms with Gasteiger partial charge in [0.15, 0.2) is 5.82 Å². The van der Waals surface area contributed by atoms with Crippen LogP contribution in [0.1, 0.15) is 28.7 Å². The molecule has 0 saturated heterocycles. The van der Waals surface area contributed by atoms with E-state index in [-0.39, 0.29) is 5.91 Å². The summed E-state index contributed by atoms with van der Waals surface area (Å²) in [6, 6.07) is 3.54. The largest absolute Gasteiger partial charge is 0.304 e. The number of hydrogen-bond donors (Lipinski definition) is 2. The Balaban J connectivity index is 2.05. The number of rotatable bonds is 4. The predicted molar refractivity (Wildman–Crippen MR) is 69.9 cm³/mol. The number of aromatic amines is 1. The summed E-state index contributed by atoms with van der Waals surface area (Å²) in [4.78, 5) is 12.3. The fraction of sp³-hybridized carbons (Fsp3) is 0.273. The summed E-state index contributed by atoms with van der Waals surface area (Å²) < 4.78 is 0. The molecule has 4 nitrogen and oxygen atoms in total. The van der Waals surface area contributed by atoms with Crippen molar-refractivity contribution in [2.75, 3.05) is 5.32 Å². The fourth-order valence-electron chi connectivity index (χ4n) is 1.45. The lowest BCUT2D eigenvalue weighted by Gasteiger charge is -1.98. The summed E-state index contributed by atoms with van der Waals surface area (Å²) in [6.45, 7) is 2.09. The Bertz CT molecular complexity index is 520. The molecule has 0 aliphatic heterocycles. The van der Waals surface area contributed by atoms with Gasteiger partial charge in [-0.2, -0.15) is 5.10 Å². The van der Waals surface area contributed by atoms with Crippen LogP contribution in [-0.4, -0.2) is 16.1 Å². The minimum atomic E-state index is -0.223. The van der Waals surface area contributed by atoms with Gasteiger partial charge in [-0.1, -0.05) is 24.9 Å². The zero-order valence-electron chi connectivity index (χ0n) is 9.29. The number of aryl methyl sites for hydroxylation is 1. The molecule has 0 bridgehead atoms. The third-order valence-corrected chi connectivity index (χ3v) is 3.56. The topological polar surface area (TPSA) is 57.8 Å². The molecule has 2 aromatic rings. The zero-order chi connectivity index (χ0) is 12.3. The Hall–Kier alpha value is -1.33. The monoisotopic (exact) mass is 269 g/mol. The maximum absolute atomic E-state index is 11.8. The molecule has 17 heavy (non-hydrogen) atoms. The number of amides is 1. The van der Waals surface area contributed by atoms with E-state index in [4.69, 9.17) is 11.6 Å². The summed E-state index contributed by atoms with van der Waals surface area (Å²) in [5.41, 5.74) is 1.01. The van der Waals surface area contributed by atoms with Gasteiger partial charge in [0.2, 0.25) is 0 Å². The van der Waals surface area contributed by atoms with Crippen molar-refractivity contribution in [1.29, 1.82) is 0 Å². The number of anilines is 1. The summed E-state index contributed by atoms with van der Waals surface area (Å²) in [6.07, 6.45) is 1.95. The molecule has 0 atom stereocenters. The number of hydrogen-bond acceptors (Lipinski definition) is 3. The number of H-pyrrole nitrogens is 1. The molecule has 2 heterocycles. The zero-order valence-corrected chi connectivity index (χ0v) is 10.9. The average Bonchev–Trinajstić information content (AvgIpc) is 2.88. The second-order valence-electron chi connectivity index (χ2n) is 3.58. The van der Waals surface area contributed by atoms with Crippen molar-refractivity contribution >= 4 is 34.7 Å². The summed E-state index contributed by atoms with van der Waals surface area (Å²) in [5.74, 6) is 0.308. The molecule has 0 aliphatic carbocycles. The minimum Gasteiger partial charge on any atom is -0.304 e. The lowest BCUT2D eigenvalue weighted by Crippen LogP contribution is -2.10. The maximum Gasteiger partial charge on any atom is 0.268 e. The van der Waals surface area contributed by atoms with Gasteiger partial charge < -0.3 is 5.32 Å². The molecule has 0 saturated carbocycles. The quantitative estimate of drug-likeness (QED) is 0.894. The minimum absolute atomic E-state index is 0.223. The number of halogens is 1. The second kappa shape index (κ2) is 5.33. The molecule has 0 radical (unpaired) electrons. The van der Waals surface area contributed by atoms with E-state index in [1.807, 2.05) is 6.07 Å². The summed E-state index contributed by atoms with van der Waals surface area (Å²) in [7, 11) is 0. The van der Waals surface area contributed by atoms with Gasteiger partial charge >= 0.3 is 0 Å². The van der Waals surface area contributed by atoms with E-state index in [9.17, 15) is 4.79 Å². The van der Waals surface area contributed by atoms with Crippen molar-refractivity contribution in [2.24, 2.45) is 0 Å². The van der Waals surface area contributed by atoms with E-state index >= 15 is 0 Å². The Morgan fingerprint density at radius 2 is 2.47 bits per heavy atom. The Labute approximate surface area is 108 Å². The molecular formula is C11H12ClN3OS. The SMILES string of the molecule is CCCc1cc(NC(=O)c2sccc2Cl)n[nH]1. The van der Waals surface area contributed by atoms with Crippen LogP contribution in [0.2, 0.25) is 5.02 Å². The molecular weight excluding hydrogens is 258 g/mol. The first-order valence-corrected chi connectivity index (χ1v) is 6.55. The Kier molecular flexibility index (Phi) is 3.81. The van der Waals surface area contributed by atoms with Crippen LogP contribution in [0.4, 0.5) is 5.82 Å². The van der Waals surface area contributed by atoms with Crippen molar-refractivity contribution in [3.05, 3.63) is 33.1 Å². The molecule has 2 rings (SSSR count). The van der Waals surface area contributed by atoms with E-state index in [1.54, 1.807) is 11.4 Å². The standard InChI is InChI=1S/C11H12ClN3OS/c1-2-3-7-6-9(15-14-7)13-11(16)10-8(12)4-5-17-10/h4-6H,2-3H2,1H3,(H2,13,14,15,16). The maximum atomic E-state index is 11.8. The van der Waals surface area contributed by atoms with Crippen LogP contribution >= 0.6 is 22.9 Å². The van der Waals surface area contributed by atoms with Gasteiger partial charge in [0.25, 0.3) is 5.91 Å². The number of aromatic nitrogens is 2. The van der Waals surface area contributed by atoms with E-state index in [2.05, 4.69) is 22.4 Å². The van der Waals surface area contributed by atoms with Crippen LogP contribution < -0.4 is 5.32 Å². The van der Waals surface area contributed by atoms with Crippen LogP contribution in [0, 0.1) is 0 Å². The highest BCUT2D eigenvalue weighted by molar-refractivity contribution is 7.12. The van der Waals surface area contributed by atoms with Crippen molar-refractivity contribution in [3.63, 3.8) is 0 Å². The third kappa shape index (κ3) is 2.87. The van der Waals surface area contributed by atoms with Gasteiger partial charge in [0, 0.05) is 11.8 Å². The third-order valence-electron chi connectivity index (χ3n) is 2.22. The van der Waals surface area contributed by atoms with Gasteiger partial charge in [-0.3, -0.25) is 9.89 Å².